The quantitative estimate of drug-likeness (QED) is 0.0294. The van der Waals surface area contributed by atoms with E-state index < -0.39 is 62.8 Å². The predicted octanol–water partition coefficient (Wildman–Crippen LogP) is -2.83. The van der Waals surface area contributed by atoms with E-state index in [9.17, 15) is 66.0 Å². The van der Waals surface area contributed by atoms with Gasteiger partial charge < -0.3 is 10.2 Å². The van der Waals surface area contributed by atoms with Crippen molar-refractivity contribution in [3.05, 3.63) is 164 Å². The van der Waals surface area contributed by atoms with Gasteiger partial charge >= 0.3 is 88.7 Å². The maximum absolute atomic E-state index is 12.6. The summed E-state index contributed by atoms with van der Waals surface area (Å²) in [4.78, 5) is 44.4. The van der Waals surface area contributed by atoms with E-state index in [1.807, 2.05) is 24.3 Å². The number of ketones is 2. The fourth-order valence-electron chi connectivity index (χ4n) is 6.54. The Bertz CT molecular complexity index is 3130. The second-order valence-corrected chi connectivity index (χ2v) is 16.0. The molecule has 0 spiro atoms. The Kier molecular flexibility index (Phi) is 18.9. The Balaban J connectivity index is 0.000000330. The van der Waals surface area contributed by atoms with E-state index in [4.69, 9.17) is 0 Å². The van der Waals surface area contributed by atoms with Crippen molar-refractivity contribution < 1.29 is 161 Å². The number of hydrazone groups is 2. The van der Waals surface area contributed by atoms with Gasteiger partial charge in [0.05, 0.1) is 9.85 Å². The summed E-state index contributed by atoms with van der Waals surface area (Å²) in [7, 11) is -9.68. The van der Waals surface area contributed by atoms with Gasteiger partial charge in [0.2, 0.25) is 11.6 Å². The van der Waals surface area contributed by atoms with Crippen molar-refractivity contribution in [2.24, 2.45) is 10.2 Å². The molecule has 66 heavy (non-hydrogen) atoms. The number of fused-ring (bicyclic) bond motifs is 4. The van der Waals surface area contributed by atoms with E-state index in [2.05, 4.69) is 21.1 Å². The van der Waals surface area contributed by atoms with Gasteiger partial charge in [-0.25, -0.2) is 0 Å². The molecule has 6 N–H and O–H groups in total. The molecule has 321 valence electrons. The number of nitro benzene ring substituents is 2. The Labute approximate surface area is 449 Å². The van der Waals surface area contributed by atoms with Gasteiger partial charge in [-0.3, -0.25) is 49.8 Å². The second-order valence-electron chi connectivity index (χ2n) is 13.2. The number of benzene rings is 6. The molecule has 0 atom stereocenters. The molecule has 26 heteroatoms. The largest absolute Gasteiger partial charge is 1.00 e. The van der Waals surface area contributed by atoms with Crippen LogP contribution >= 0.6 is 0 Å². The van der Waals surface area contributed by atoms with E-state index in [-0.39, 0.29) is 162 Å². The fraction of sp³-hybridized carbons (Fsp3) is 0. The number of carbonyl (C=O) groups is 2. The molecule has 0 saturated carbocycles. The average molecular weight is 1010 g/mol. The predicted molar refractivity (Wildman–Crippen MR) is 227 cm³/mol. The number of hydrogen-bond acceptors (Lipinski definition) is 16. The van der Waals surface area contributed by atoms with Crippen LogP contribution in [-0.4, -0.2) is 69.0 Å². The number of hydrogen-bond donors (Lipinski definition) is 6. The van der Waals surface area contributed by atoms with Crippen LogP contribution in [0.3, 0.4) is 0 Å². The first-order valence-electron chi connectivity index (χ1n) is 17.5. The van der Waals surface area contributed by atoms with E-state index >= 15 is 0 Å². The molecule has 8 rings (SSSR count). The van der Waals surface area contributed by atoms with Crippen LogP contribution in [0.5, 0.6) is 11.5 Å². The van der Waals surface area contributed by atoms with Gasteiger partial charge in [-0.1, -0.05) is 60.7 Å². The van der Waals surface area contributed by atoms with Crippen LogP contribution in [0.2, 0.25) is 0 Å². The number of carbonyl (C=O) groups excluding carboxylic acids is 2. The summed E-state index contributed by atoms with van der Waals surface area (Å²) in [6.45, 7) is 0. The van der Waals surface area contributed by atoms with Gasteiger partial charge in [0.1, 0.15) is 44.1 Å². The van der Waals surface area contributed by atoms with Gasteiger partial charge in [0, 0.05) is 86.2 Å². The Morgan fingerprint density at radius 1 is 0.515 bits per heavy atom. The number of allylic oxidation sites excluding steroid dienone is 2. The molecule has 0 aliphatic heterocycles. The minimum absolute atomic E-state index is 0. The minimum atomic E-state index is -4.84. The van der Waals surface area contributed by atoms with Crippen LogP contribution in [-0.2, 0) is 46.6 Å². The number of rotatable bonds is 8. The number of nitrogens with zero attached hydrogens (tertiary/aromatic N) is 4. The molecule has 0 amide bonds. The molecule has 0 saturated heterocycles. The van der Waals surface area contributed by atoms with Gasteiger partial charge in [-0.2, -0.15) is 27.0 Å². The van der Waals surface area contributed by atoms with Crippen LogP contribution in [0, 0.1) is 20.2 Å². The number of nitrogens with one attached hydrogen (secondary N) is 2. The first kappa shape index (κ1) is 55.7. The fourth-order valence-corrected chi connectivity index (χ4v) is 7.95. The van der Waals surface area contributed by atoms with Crippen molar-refractivity contribution in [1.82, 2.24) is 0 Å². The summed E-state index contributed by atoms with van der Waals surface area (Å²) in [5.74, 6) is -1.96. The zero-order valence-corrected chi connectivity index (χ0v) is 43.0. The molecule has 6 aromatic carbocycles. The van der Waals surface area contributed by atoms with Gasteiger partial charge in [0.25, 0.3) is 31.6 Å². The normalized spacial score (nSPS) is 14.0. The molecular weight excluding hydrogens is 981 g/mol. The molecule has 2 aliphatic carbocycles. The maximum atomic E-state index is 12.6. The molecule has 2 aliphatic rings. The number of aromatic hydroxyl groups is 2. The monoisotopic (exact) mass is 1010 g/mol. The number of non-ortho nitro benzene ring substituents is 2. The zero-order valence-electron chi connectivity index (χ0n) is 34.4. The number of nitro groups is 2. The molecule has 20 nitrogen and oxygen atoms in total. The molecule has 0 heterocycles. The van der Waals surface area contributed by atoms with E-state index in [1.54, 1.807) is 36.4 Å². The van der Waals surface area contributed by atoms with Crippen LogP contribution < -0.4 is 99.5 Å². The maximum Gasteiger partial charge on any atom is 1.00 e. The van der Waals surface area contributed by atoms with Crippen molar-refractivity contribution >= 4 is 97.3 Å². The molecule has 1 radical (unpaired) electrons. The summed E-state index contributed by atoms with van der Waals surface area (Å²) in [6.07, 6.45) is 1.29. The van der Waals surface area contributed by atoms with Gasteiger partial charge in [0.15, 0.2) is 0 Å². The Morgan fingerprint density at radius 3 is 1.20 bits per heavy atom. The van der Waals surface area contributed by atoms with Crippen molar-refractivity contribution in [1.29, 1.82) is 0 Å². The standard InChI is InChI=1S/2C20H13N3O7S.Co.3Na/c2*24-16-8-5-11-3-1-2-4-13(11)19(16)21-22-20-14-7-6-12(23(26)27)9-15(14)18(10-17(20)25)31(28,29)30;;;;/h2*1-10,21,24H,(H,28,29,30);;;;/q;;;3*+1. The van der Waals surface area contributed by atoms with Crippen molar-refractivity contribution in [3.8, 4) is 11.5 Å². The summed E-state index contributed by atoms with van der Waals surface area (Å²) >= 11 is 0. The molecular formula is C40H26CoN6Na3O14S2+3. The molecule has 0 unspecified atom stereocenters. The third-order valence-electron chi connectivity index (χ3n) is 9.39. The third-order valence-corrected chi connectivity index (χ3v) is 11.2. The SMILES string of the molecule is O=C1C=C(S(=O)(=O)O)c2cc([N+](=O)[O-])ccc2C1=NNc1c(O)ccc2ccccc12.O=C1C=C(S(=O)(=O)O)c2cc([N+](=O)[O-])ccc2C1=NNc1c(O)ccc2ccccc12.[Co].[Na+].[Na+].[Na+]. The van der Waals surface area contributed by atoms with E-state index in [1.165, 1.54) is 24.3 Å². The van der Waals surface area contributed by atoms with Crippen molar-refractivity contribution in [3.63, 3.8) is 0 Å². The van der Waals surface area contributed by atoms with Crippen LogP contribution in [0.1, 0.15) is 22.3 Å². The summed E-state index contributed by atoms with van der Waals surface area (Å²) in [6, 6.07) is 26.9. The molecule has 0 fully saturated rings. The Hall–Kier alpha value is -4.67. The first-order chi connectivity index (χ1) is 29.3. The Morgan fingerprint density at radius 2 is 0.864 bits per heavy atom. The smallest absolute Gasteiger partial charge is 0.506 e. The summed E-state index contributed by atoms with van der Waals surface area (Å²) < 4.78 is 65.9. The van der Waals surface area contributed by atoms with Crippen molar-refractivity contribution in [2.45, 2.75) is 0 Å². The molecule has 0 aromatic heterocycles. The zero-order chi connectivity index (χ0) is 44.7. The van der Waals surface area contributed by atoms with Crippen LogP contribution in [0.15, 0.2) is 132 Å². The first-order valence-corrected chi connectivity index (χ1v) is 20.4. The van der Waals surface area contributed by atoms with E-state index in [0.29, 0.717) is 22.9 Å². The second kappa shape index (κ2) is 22.4. The molecule has 0 bridgehead atoms. The van der Waals surface area contributed by atoms with Crippen molar-refractivity contribution in [2.75, 3.05) is 10.9 Å². The third kappa shape index (κ3) is 11.7. The van der Waals surface area contributed by atoms with Crippen LogP contribution in [0.25, 0.3) is 31.4 Å². The summed E-state index contributed by atoms with van der Waals surface area (Å²) in [5.41, 5.74) is 3.81. The number of phenolic OH excluding ortho intramolecular Hbond substituents is 2. The van der Waals surface area contributed by atoms with Crippen LogP contribution in [0.4, 0.5) is 22.7 Å². The average Bonchev–Trinajstić information content (AvgIpc) is 3.22. The van der Waals surface area contributed by atoms with E-state index in [0.717, 1.165) is 35.0 Å². The summed E-state index contributed by atoms with van der Waals surface area (Å²) in [5, 5.41) is 53.6. The number of anilines is 2. The van der Waals surface area contributed by atoms with Gasteiger partial charge in [-0.15, -0.1) is 0 Å². The number of phenols is 2. The molecule has 6 aromatic rings. The minimum Gasteiger partial charge on any atom is -0.506 e. The topological polar surface area (TPSA) is 318 Å². The van der Waals surface area contributed by atoms with Gasteiger partial charge in [-0.05, 0) is 35.0 Å².